The van der Waals surface area contributed by atoms with Crippen molar-refractivity contribution in [1.29, 1.82) is 0 Å². The zero-order valence-corrected chi connectivity index (χ0v) is 15.8. The van der Waals surface area contributed by atoms with E-state index in [4.69, 9.17) is 0 Å². The van der Waals surface area contributed by atoms with Crippen LogP contribution in [0.15, 0.2) is 52.0 Å². The van der Waals surface area contributed by atoms with E-state index in [1.165, 1.54) is 23.9 Å². The average molecular weight is 404 g/mol. The zero-order chi connectivity index (χ0) is 18.9. The number of thiophene rings is 1. The number of thioether (sulfide) groups is 1. The molecule has 27 heavy (non-hydrogen) atoms. The van der Waals surface area contributed by atoms with Crippen LogP contribution in [-0.2, 0) is 11.2 Å². The maximum atomic E-state index is 12.8. The minimum Gasteiger partial charge on any atom is -0.355 e. The number of nitrogens with zero attached hydrogens (tertiary/aromatic N) is 3. The van der Waals surface area contributed by atoms with Crippen molar-refractivity contribution in [2.24, 2.45) is 5.10 Å². The van der Waals surface area contributed by atoms with Crippen molar-refractivity contribution in [3.63, 3.8) is 0 Å². The number of benzene rings is 1. The normalized spacial score (nSPS) is 11.0. The second kappa shape index (κ2) is 9.83. The maximum absolute atomic E-state index is 12.8. The molecule has 0 aliphatic rings. The number of rotatable bonds is 9. The van der Waals surface area contributed by atoms with Gasteiger partial charge in [-0.2, -0.15) is 10.1 Å². The van der Waals surface area contributed by atoms with Gasteiger partial charge in [0.25, 0.3) is 0 Å². The molecule has 0 bridgehead atoms. The van der Waals surface area contributed by atoms with Crippen LogP contribution >= 0.6 is 23.1 Å². The molecule has 0 aliphatic heterocycles. The van der Waals surface area contributed by atoms with Crippen LogP contribution in [0.2, 0.25) is 0 Å². The molecule has 3 aromatic rings. The predicted octanol–water partition coefficient (Wildman–Crippen LogP) is 2.90. The highest BCUT2D eigenvalue weighted by atomic mass is 32.2. The highest BCUT2D eigenvalue weighted by Crippen LogP contribution is 2.13. The molecule has 0 saturated carbocycles. The number of aromatic amines is 1. The number of hydrazone groups is 1. The smallest absolute Gasteiger partial charge is 0.240 e. The summed E-state index contributed by atoms with van der Waals surface area (Å²) in [5.74, 6) is 0.232. The van der Waals surface area contributed by atoms with E-state index in [-0.39, 0.29) is 17.5 Å². The minimum absolute atomic E-state index is 0.114. The molecule has 2 heterocycles. The van der Waals surface area contributed by atoms with Crippen molar-refractivity contribution in [2.75, 3.05) is 17.7 Å². The molecule has 0 saturated heterocycles. The van der Waals surface area contributed by atoms with Crippen LogP contribution in [0.1, 0.15) is 10.4 Å². The Balaban J connectivity index is 1.35. The summed E-state index contributed by atoms with van der Waals surface area (Å²) in [5, 5.41) is 16.0. The van der Waals surface area contributed by atoms with Crippen LogP contribution in [-0.4, -0.2) is 39.6 Å². The zero-order valence-electron chi connectivity index (χ0n) is 14.2. The first-order valence-corrected chi connectivity index (χ1v) is 9.94. The lowest BCUT2D eigenvalue weighted by Gasteiger charge is -2.04. The van der Waals surface area contributed by atoms with Gasteiger partial charge >= 0.3 is 0 Å². The Morgan fingerprint density at radius 2 is 2.19 bits per heavy atom. The van der Waals surface area contributed by atoms with E-state index in [1.54, 1.807) is 29.7 Å². The van der Waals surface area contributed by atoms with Crippen molar-refractivity contribution in [3.05, 3.63) is 58.0 Å². The molecule has 10 heteroatoms. The van der Waals surface area contributed by atoms with Crippen molar-refractivity contribution in [2.45, 2.75) is 11.6 Å². The summed E-state index contributed by atoms with van der Waals surface area (Å²) < 4.78 is 12.8. The summed E-state index contributed by atoms with van der Waals surface area (Å²) >= 11 is 2.80. The van der Waals surface area contributed by atoms with E-state index >= 15 is 0 Å². The van der Waals surface area contributed by atoms with Gasteiger partial charge in [0.1, 0.15) is 5.82 Å². The number of anilines is 1. The number of carbonyl (C=O) groups is 1. The van der Waals surface area contributed by atoms with Crippen molar-refractivity contribution in [3.8, 4) is 0 Å². The summed E-state index contributed by atoms with van der Waals surface area (Å²) in [4.78, 5) is 17.1. The second-order valence-corrected chi connectivity index (χ2v) is 7.29. The lowest BCUT2D eigenvalue weighted by atomic mass is 10.1. The van der Waals surface area contributed by atoms with Gasteiger partial charge in [-0.3, -0.25) is 4.79 Å². The number of amides is 1. The number of halogens is 1. The first-order valence-electron chi connectivity index (χ1n) is 8.08. The second-order valence-electron chi connectivity index (χ2n) is 5.37. The van der Waals surface area contributed by atoms with E-state index in [2.05, 4.69) is 31.0 Å². The van der Waals surface area contributed by atoms with Gasteiger partial charge < -0.3 is 5.32 Å². The van der Waals surface area contributed by atoms with Gasteiger partial charge in [0.2, 0.25) is 17.0 Å². The van der Waals surface area contributed by atoms with Crippen LogP contribution in [0.25, 0.3) is 0 Å². The van der Waals surface area contributed by atoms with Crippen LogP contribution in [0.5, 0.6) is 0 Å². The van der Waals surface area contributed by atoms with E-state index in [1.807, 2.05) is 17.5 Å². The summed E-state index contributed by atoms with van der Waals surface area (Å²) in [6, 6.07) is 10.1. The average Bonchev–Trinajstić information content (AvgIpc) is 3.34. The first-order chi connectivity index (χ1) is 13.2. The third kappa shape index (κ3) is 6.50. The lowest BCUT2D eigenvalue weighted by Crippen LogP contribution is -2.27. The topological polar surface area (TPSA) is 95.1 Å². The summed E-state index contributed by atoms with van der Waals surface area (Å²) in [5.41, 5.74) is 3.72. The summed E-state index contributed by atoms with van der Waals surface area (Å²) in [7, 11) is 0. The van der Waals surface area contributed by atoms with E-state index in [0.29, 0.717) is 24.1 Å². The number of H-pyrrole nitrogens is 1. The molecule has 1 aromatic carbocycles. The van der Waals surface area contributed by atoms with Crippen molar-refractivity contribution < 1.29 is 9.18 Å². The number of aromatic nitrogens is 3. The number of hydrogen-bond acceptors (Lipinski definition) is 7. The van der Waals surface area contributed by atoms with Gasteiger partial charge in [-0.25, -0.2) is 14.9 Å². The van der Waals surface area contributed by atoms with Crippen LogP contribution < -0.4 is 10.7 Å². The molecule has 0 atom stereocenters. The molecule has 0 unspecified atom stereocenters. The van der Waals surface area contributed by atoms with E-state index in [9.17, 15) is 9.18 Å². The quantitative estimate of drug-likeness (QED) is 0.290. The summed E-state index contributed by atoms with van der Waals surface area (Å²) in [6.07, 6.45) is 2.34. The highest BCUT2D eigenvalue weighted by molar-refractivity contribution is 7.99. The summed E-state index contributed by atoms with van der Waals surface area (Å²) in [6.45, 7) is 0.489. The third-order valence-electron chi connectivity index (χ3n) is 3.35. The molecular weight excluding hydrogens is 387 g/mol. The standard InChI is InChI=1S/C17H17FN6OS2/c18-13-5-3-12(4-6-13)7-8-19-15(25)11-27-17-21-16(23-24-17)22-20-10-14-2-1-9-26-14/h1-6,9-10H,7-8,11H2,(H,19,25)(H2,21,22,23,24)/b20-10+. The van der Waals surface area contributed by atoms with E-state index < -0.39 is 0 Å². The molecule has 140 valence electrons. The Morgan fingerprint density at radius 1 is 1.33 bits per heavy atom. The SMILES string of the molecule is O=C(CSc1n[nH]c(N/N=C/c2cccs2)n1)NCCc1ccc(F)cc1. The van der Waals surface area contributed by atoms with Gasteiger partial charge in [-0.15, -0.1) is 16.4 Å². The molecule has 3 N–H and O–H groups in total. The Morgan fingerprint density at radius 3 is 2.96 bits per heavy atom. The largest absolute Gasteiger partial charge is 0.355 e. The Hall–Kier alpha value is -2.72. The van der Waals surface area contributed by atoms with E-state index in [0.717, 1.165) is 10.4 Å². The lowest BCUT2D eigenvalue weighted by molar-refractivity contribution is -0.118. The fraction of sp³-hybridized carbons (Fsp3) is 0.176. The van der Waals surface area contributed by atoms with Gasteiger partial charge in [-0.1, -0.05) is 30.0 Å². The van der Waals surface area contributed by atoms with Crippen LogP contribution in [0, 0.1) is 5.82 Å². The van der Waals surface area contributed by atoms with Gasteiger partial charge in [0.05, 0.1) is 12.0 Å². The molecule has 0 fully saturated rings. The molecule has 7 nitrogen and oxygen atoms in total. The van der Waals surface area contributed by atoms with Crippen LogP contribution in [0.3, 0.4) is 0 Å². The fourth-order valence-corrected chi connectivity index (χ4v) is 3.27. The predicted molar refractivity (Wildman–Crippen MR) is 106 cm³/mol. The molecular formula is C17H17FN6OS2. The Bertz CT molecular complexity index is 879. The maximum Gasteiger partial charge on any atom is 0.240 e. The van der Waals surface area contributed by atoms with Gasteiger partial charge in [-0.05, 0) is 35.6 Å². The van der Waals surface area contributed by atoms with Gasteiger partial charge in [0.15, 0.2) is 0 Å². The Kier molecular flexibility index (Phi) is 6.94. The molecule has 0 aliphatic carbocycles. The Labute approximate surface area is 163 Å². The molecule has 0 spiro atoms. The van der Waals surface area contributed by atoms with Gasteiger partial charge in [0, 0.05) is 11.4 Å². The number of carbonyl (C=O) groups excluding carboxylic acids is 1. The van der Waals surface area contributed by atoms with Crippen LogP contribution in [0.4, 0.5) is 10.3 Å². The molecule has 3 rings (SSSR count). The van der Waals surface area contributed by atoms with Crippen molar-refractivity contribution >= 4 is 41.2 Å². The number of nitrogens with one attached hydrogen (secondary N) is 3. The third-order valence-corrected chi connectivity index (χ3v) is 5.01. The highest BCUT2D eigenvalue weighted by Gasteiger charge is 2.07. The van der Waals surface area contributed by atoms with Crippen molar-refractivity contribution in [1.82, 2.24) is 20.5 Å². The fourth-order valence-electron chi connectivity index (χ4n) is 2.06. The number of hydrogen-bond donors (Lipinski definition) is 3. The molecule has 2 aromatic heterocycles. The first kappa shape index (κ1) is 19.1. The molecule has 0 radical (unpaired) electrons. The minimum atomic E-state index is -0.267. The monoisotopic (exact) mass is 404 g/mol. The molecule has 1 amide bonds.